The lowest BCUT2D eigenvalue weighted by Gasteiger charge is -2.11. The molecule has 4 nitrogen and oxygen atoms in total. The first-order chi connectivity index (χ1) is 8.97. The molecule has 0 bridgehead atoms. The van der Waals surface area contributed by atoms with Crippen LogP contribution in [0, 0.1) is 6.92 Å². The van der Waals surface area contributed by atoms with E-state index < -0.39 is 5.97 Å². The summed E-state index contributed by atoms with van der Waals surface area (Å²) in [5, 5.41) is 0. The second-order valence-corrected chi connectivity index (χ2v) is 4.37. The Kier molecular flexibility index (Phi) is 5.30. The number of carbonyl (C=O) groups excluding carboxylic acids is 2. The van der Waals surface area contributed by atoms with Gasteiger partial charge < -0.3 is 9.64 Å². The third-order valence-corrected chi connectivity index (χ3v) is 2.52. The van der Waals surface area contributed by atoms with Crippen LogP contribution in [0.3, 0.4) is 0 Å². The fraction of sp³-hybridized carbons (Fsp3) is 0.333. The summed E-state index contributed by atoms with van der Waals surface area (Å²) in [6.07, 6.45) is 1.49. The summed E-state index contributed by atoms with van der Waals surface area (Å²) in [5.41, 5.74) is 1.39. The van der Waals surface area contributed by atoms with E-state index in [1.54, 1.807) is 38.1 Å². The average molecular weight is 261 g/mol. The van der Waals surface area contributed by atoms with Gasteiger partial charge >= 0.3 is 5.97 Å². The van der Waals surface area contributed by atoms with Gasteiger partial charge in [0.05, 0.1) is 6.61 Å². The minimum absolute atomic E-state index is 0.0427. The second kappa shape index (κ2) is 6.73. The van der Waals surface area contributed by atoms with Crippen molar-refractivity contribution in [3.8, 4) is 0 Å². The molecule has 0 spiro atoms. The third kappa shape index (κ3) is 3.95. The highest BCUT2D eigenvalue weighted by molar-refractivity contribution is 6.24. The molecule has 102 valence electrons. The molecule has 19 heavy (non-hydrogen) atoms. The minimum Gasteiger partial charge on any atom is -0.462 e. The van der Waals surface area contributed by atoms with Gasteiger partial charge in [-0.3, -0.25) is 4.79 Å². The van der Waals surface area contributed by atoms with Crippen molar-refractivity contribution in [3.63, 3.8) is 0 Å². The number of aryl methyl sites for hydroxylation is 1. The van der Waals surface area contributed by atoms with Crippen LogP contribution >= 0.6 is 0 Å². The molecule has 0 aliphatic heterocycles. The number of rotatable bonds is 5. The Labute approximate surface area is 113 Å². The molecule has 0 heterocycles. The predicted molar refractivity (Wildman–Crippen MR) is 73.9 cm³/mol. The molecular weight excluding hydrogens is 242 g/mol. The topological polar surface area (TPSA) is 46.6 Å². The molecule has 0 saturated heterocycles. The van der Waals surface area contributed by atoms with Gasteiger partial charge in [-0.1, -0.05) is 24.3 Å². The molecule has 0 fully saturated rings. The maximum atomic E-state index is 12.4. The molecule has 0 aliphatic rings. The number of carbonyl (C=O) groups is 2. The van der Waals surface area contributed by atoms with Crippen molar-refractivity contribution in [2.45, 2.75) is 13.8 Å². The standard InChI is InChI=1S/C15H19NO3/c1-5-19-15(18)13(10-16(3)4)14(17)12-9-7-6-8-11(12)2/h6-10H,5H2,1-4H3. The lowest BCUT2D eigenvalue weighted by atomic mass is 9.99. The highest BCUT2D eigenvalue weighted by Gasteiger charge is 2.22. The van der Waals surface area contributed by atoms with E-state index in [1.165, 1.54) is 6.20 Å². The molecule has 0 atom stereocenters. The first-order valence-electron chi connectivity index (χ1n) is 6.13. The maximum absolute atomic E-state index is 12.4. The molecule has 0 amide bonds. The Morgan fingerprint density at radius 3 is 2.42 bits per heavy atom. The summed E-state index contributed by atoms with van der Waals surface area (Å²) >= 11 is 0. The van der Waals surface area contributed by atoms with Crippen molar-refractivity contribution in [2.75, 3.05) is 20.7 Å². The number of hydrogen-bond acceptors (Lipinski definition) is 4. The van der Waals surface area contributed by atoms with Gasteiger partial charge in [-0.15, -0.1) is 0 Å². The zero-order valence-electron chi connectivity index (χ0n) is 11.8. The van der Waals surface area contributed by atoms with E-state index >= 15 is 0 Å². The molecule has 0 aliphatic carbocycles. The number of ether oxygens (including phenoxy) is 1. The molecule has 1 aromatic carbocycles. The molecular formula is C15H19NO3. The van der Waals surface area contributed by atoms with Gasteiger partial charge in [0.1, 0.15) is 5.57 Å². The zero-order chi connectivity index (χ0) is 14.4. The third-order valence-electron chi connectivity index (χ3n) is 2.52. The minimum atomic E-state index is -0.593. The van der Waals surface area contributed by atoms with Crippen molar-refractivity contribution in [1.29, 1.82) is 0 Å². The molecule has 4 heteroatoms. The monoisotopic (exact) mass is 261 g/mol. The van der Waals surface area contributed by atoms with Gasteiger partial charge in [0, 0.05) is 25.9 Å². The van der Waals surface area contributed by atoms with Crippen LogP contribution in [0.5, 0.6) is 0 Å². The summed E-state index contributed by atoms with van der Waals surface area (Å²) < 4.78 is 4.93. The summed E-state index contributed by atoms with van der Waals surface area (Å²) in [7, 11) is 3.51. The molecule has 0 saturated carbocycles. The number of hydrogen-bond donors (Lipinski definition) is 0. The number of esters is 1. The van der Waals surface area contributed by atoms with Gasteiger partial charge in [0.15, 0.2) is 0 Å². The van der Waals surface area contributed by atoms with Gasteiger partial charge in [-0.05, 0) is 19.4 Å². The van der Waals surface area contributed by atoms with Gasteiger partial charge in [0.2, 0.25) is 5.78 Å². The van der Waals surface area contributed by atoms with E-state index in [2.05, 4.69) is 0 Å². The maximum Gasteiger partial charge on any atom is 0.343 e. The normalized spacial score (nSPS) is 11.1. The molecule has 0 aromatic heterocycles. The predicted octanol–water partition coefficient (Wildman–Crippen LogP) is 2.19. The van der Waals surface area contributed by atoms with Gasteiger partial charge in [0.25, 0.3) is 0 Å². The highest BCUT2D eigenvalue weighted by Crippen LogP contribution is 2.14. The Morgan fingerprint density at radius 1 is 1.26 bits per heavy atom. The van der Waals surface area contributed by atoms with Crippen LogP contribution in [-0.4, -0.2) is 37.4 Å². The van der Waals surface area contributed by atoms with Crippen molar-refractivity contribution in [1.82, 2.24) is 4.90 Å². The van der Waals surface area contributed by atoms with E-state index in [0.717, 1.165) is 5.56 Å². The van der Waals surface area contributed by atoms with Gasteiger partial charge in [-0.2, -0.15) is 0 Å². The van der Waals surface area contributed by atoms with Crippen LogP contribution in [0.2, 0.25) is 0 Å². The summed E-state index contributed by atoms with van der Waals surface area (Å²) in [6.45, 7) is 3.79. The summed E-state index contributed by atoms with van der Waals surface area (Å²) in [5.74, 6) is -0.908. The molecule has 0 radical (unpaired) electrons. The van der Waals surface area contributed by atoms with Crippen LogP contribution in [0.1, 0.15) is 22.8 Å². The van der Waals surface area contributed by atoms with E-state index in [9.17, 15) is 9.59 Å². The molecule has 0 unspecified atom stereocenters. The van der Waals surface area contributed by atoms with Crippen molar-refractivity contribution in [3.05, 3.63) is 47.2 Å². The molecule has 1 aromatic rings. The van der Waals surface area contributed by atoms with Crippen LogP contribution in [0.15, 0.2) is 36.0 Å². The fourth-order valence-corrected chi connectivity index (χ4v) is 1.64. The number of ketones is 1. The summed E-state index contributed by atoms with van der Waals surface area (Å²) in [4.78, 5) is 25.9. The fourth-order valence-electron chi connectivity index (χ4n) is 1.64. The molecule has 0 N–H and O–H groups in total. The lowest BCUT2D eigenvalue weighted by Crippen LogP contribution is -2.20. The van der Waals surface area contributed by atoms with E-state index in [4.69, 9.17) is 4.74 Å². The first-order valence-corrected chi connectivity index (χ1v) is 6.13. The van der Waals surface area contributed by atoms with E-state index in [1.807, 2.05) is 19.1 Å². The van der Waals surface area contributed by atoms with Crippen molar-refractivity contribution in [2.24, 2.45) is 0 Å². The highest BCUT2D eigenvalue weighted by atomic mass is 16.5. The average Bonchev–Trinajstić information content (AvgIpc) is 2.36. The first kappa shape index (κ1) is 15.0. The Hall–Kier alpha value is -2.10. The SMILES string of the molecule is CCOC(=O)C(=CN(C)C)C(=O)c1ccccc1C. The van der Waals surface area contributed by atoms with E-state index in [-0.39, 0.29) is 18.0 Å². The second-order valence-electron chi connectivity index (χ2n) is 4.37. The van der Waals surface area contributed by atoms with Crippen LogP contribution in [-0.2, 0) is 9.53 Å². The Morgan fingerprint density at radius 2 is 1.89 bits per heavy atom. The zero-order valence-corrected chi connectivity index (χ0v) is 11.8. The number of benzene rings is 1. The summed E-state index contributed by atoms with van der Waals surface area (Å²) in [6, 6.07) is 7.18. The smallest absolute Gasteiger partial charge is 0.343 e. The van der Waals surface area contributed by atoms with Crippen LogP contribution in [0.25, 0.3) is 0 Å². The van der Waals surface area contributed by atoms with Crippen molar-refractivity contribution < 1.29 is 14.3 Å². The van der Waals surface area contributed by atoms with Crippen LogP contribution < -0.4 is 0 Å². The van der Waals surface area contributed by atoms with Crippen molar-refractivity contribution >= 4 is 11.8 Å². The number of Topliss-reactive ketones (excluding diaryl/α,β-unsaturated/α-hetero) is 1. The molecule has 1 rings (SSSR count). The number of nitrogens with zero attached hydrogens (tertiary/aromatic N) is 1. The van der Waals surface area contributed by atoms with Gasteiger partial charge in [-0.25, -0.2) is 4.79 Å². The quantitative estimate of drug-likeness (QED) is 0.268. The Bertz CT molecular complexity index is 504. The largest absolute Gasteiger partial charge is 0.462 e. The Balaban J connectivity index is 3.16. The van der Waals surface area contributed by atoms with Crippen LogP contribution in [0.4, 0.5) is 0 Å². The lowest BCUT2D eigenvalue weighted by molar-refractivity contribution is -0.138. The van der Waals surface area contributed by atoms with E-state index in [0.29, 0.717) is 5.56 Å².